The normalized spacial score (nSPS) is 27.5. The molecule has 0 nitrogen and oxygen atoms in total. The summed E-state index contributed by atoms with van der Waals surface area (Å²) in [6.45, 7) is 0. The van der Waals surface area contributed by atoms with Gasteiger partial charge in [-0.25, -0.2) is 0 Å². The average Bonchev–Trinajstić information content (AvgIpc) is 2.02. The second-order valence-electron chi connectivity index (χ2n) is 1.80. The Morgan fingerprint density at radius 3 is 2.80 bits per heavy atom. The fraction of sp³-hybridized carbons (Fsp3) is 0. The highest BCUT2D eigenvalue weighted by Crippen LogP contribution is 2.06. The summed E-state index contributed by atoms with van der Waals surface area (Å²) < 4.78 is 1.03. The molecule has 0 bridgehead atoms. The molecule has 1 aliphatic rings. The lowest BCUT2D eigenvalue weighted by atomic mass is 10.4. The Balaban J connectivity index is 2.91. The largest absolute Gasteiger partial charge is 0.120 e. The van der Waals surface area contributed by atoms with Crippen molar-refractivity contribution in [3.8, 4) is 0 Å². The van der Waals surface area contributed by atoms with E-state index in [-0.39, 0.29) is 0 Å². The summed E-state index contributed by atoms with van der Waals surface area (Å²) in [6, 6.07) is 0. The highest BCUT2D eigenvalue weighted by atomic mass is 79.9. The van der Waals surface area contributed by atoms with Crippen LogP contribution >= 0.6 is 15.9 Å². The molecule has 0 aromatic heterocycles. The predicted octanol–water partition coefficient (Wildman–Crippen LogP) is 3.10. The van der Waals surface area contributed by atoms with E-state index in [1.54, 1.807) is 0 Å². The van der Waals surface area contributed by atoms with Gasteiger partial charge in [-0.15, -0.1) is 5.73 Å². The van der Waals surface area contributed by atoms with Crippen molar-refractivity contribution in [2.24, 2.45) is 0 Å². The molecule has 0 aromatic carbocycles. The number of allylic oxidation sites excluding steroid dienone is 7. The monoisotopic (exact) mass is 194 g/mol. The molecule has 0 aliphatic heterocycles. The maximum Gasteiger partial charge on any atom is 0.0252 e. The lowest BCUT2D eigenvalue weighted by molar-refractivity contribution is 1.88. The molecule has 0 radical (unpaired) electrons. The van der Waals surface area contributed by atoms with Crippen LogP contribution in [0.25, 0.3) is 0 Å². The molecule has 0 amide bonds. The van der Waals surface area contributed by atoms with E-state index in [1.165, 1.54) is 0 Å². The first-order chi connectivity index (χ1) is 4.89. The molecule has 0 saturated heterocycles. The zero-order valence-electron chi connectivity index (χ0n) is 5.42. The van der Waals surface area contributed by atoms with Crippen LogP contribution in [0.2, 0.25) is 0 Å². The number of rotatable bonds is 0. The minimum Gasteiger partial charge on any atom is -0.120 e. The fourth-order valence-electron chi connectivity index (χ4n) is 0.563. The first kappa shape index (κ1) is 7.33. The van der Waals surface area contributed by atoms with E-state index in [0.29, 0.717) is 0 Å². The van der Waals surface area contributed by atoms with Gasteiger partial charge < -0.3 is 0 Å². The molecule has 0 heterocycles. The summed E-state index contributed by atoms with van der Waals surface area (Å²) >= 11 is 3.35. The molecule has 0 saturated carbocycles. The van der Waals surface area contributed by atoms with Gasteiger partial charge in [0.05, 0.1) is 0 Å². The number of hydrogen-bond acceptors (Lipinski definition) is 0. The number of hydrogen-bond donors (Lipinski definition) is 0. The second kappa shape index (κ2) is 4.10. The molecule has 0 spiro atoms. The maximum atomic E-state index is 3.35. The van der Waals surface area contributed by atoms with Crippen LogP contribution in [0.1, 0.15) is 0 Å². The minimum atomic E-state index is 1.03. The molecule has 0 aromatic rings. The summed E-state index contributed by atoms with van der Waals surface area (Å²) in [5.41, 5.74) is 2.99. The van der Waals surface area contributed by atoms with Gasteiger partial charge in [-0.3, -0.25) is 0 Å². The number of halogens is 1. The molecule has 1 rings (SSSR count). The summed E-state index contributed by atoms with van der Waals surface area (Å²) in [5, 5.41) is 0. The van der Waals surface area contributed by atoms with Crippen molar-refractivity contribution in [2.75, 3.05) is 0 Å². The van der Waals surface area contributed by atoms with E-state index in [1.807, 2.05) is 42.5 Å². The van der Waals surface area contributed by atoms with Crippen molar-refractivity contribution >= 4 is 15.9 Å². The molecule has 0 atom stereocenters. The zero-order valence-corrected chi connectivity index (χ0v) is 7.01. The van der Waals surface area contributed by atoms with Crippen LogP contribution in [-0.2, 0) is 0 Å². The van der Waals surface area contributed by atoms with E-state index >= 15 is 0 Å². The first-order valence-electron chi connectivity index (χ1n) is 3.01. The van der Waals surface area contributed by atoms with Crippen LogP contribution in [-0.4, -0.2) is 0 Å². The molecule has 1 aliphatic carbocycles. The van der Waals surface area contributed by atoms with Crippen molar-refractivity contribution in [3.63, 3.8) is 0 Å². The maximum absolute atomic E-state index is 3.35. The summed E-state index contributed by atoms with van der Waals surface area (Å²) in [7, 11) is 0. The van der Waals surface area contributed by atoms with Gasteiger partial charge in [0.25, 0.3) is 0 Å². The predicted molar refractivity (Wildman–Crippen MR) is 47.9 cm³/mol. The van der Waals surface area contributed by atoms with Crippen molar-refractivity contribution in [2.45, 2.75) is 0 Å². The first-order valence-corrected chi connectivity index (χ1v) is 3.80. The Bertz CT molecular complexity index is 248. The van der Waals surface area contributed by atoms with Crippen molar-refractivity contribution in [1.29, 1.82) is 0 Å². The van der Waals surface area contributed by atoms with Crippen LogP contribution in [0.4, 0.5) is 0 Å². The van der Waals surface area contributed by atoms with Crippen molar-refractivity contribution < 1.29 is 0 Å². The van der Waals surface area contributed by atoms with Crippen LogP contribution in [0.3, 0.4) is 0 Å². The zero-order chi connectivity index (χ0) is 7.23. The topological polar surface area (TPSA) is 0 Å². The molecular weight excluding hydrogens is 188 g/mol. The lowest BCUT2D eigenvalue weighted by Crippen LogP contribution is -1.55. The Morgan fingerprint density at radius 2 is 1.90 bits per heavy atom. The highest BCUT2D eigenvalue weighted by molar-refractivity contribution is 9.11. The van der Waals surface area contributed by atoms with E-state index in [0.717, 1.165) is 4.48 Å². The molecule has 50 valence electrons. The third-order valence-electron chi connectivity index (χ3n) is 1.00. The Labute approximate surface area is 69.1 Å². The Morgan fingerprint density at radius 1 is 1.10 bits per heavy atom. The van der Waals surface area contributed by atoms with E-state index in [9.17, 15) is 0 Å². The minimum absolute atomic E-state index is 1.03. The third-order valence-corrected chi connectivity index (χ3v) is 1.50. The van der Waals surface area contributed by atoms with E-state index in [4.69, 9.17) is 0 Å². The van der Waals surface area contributed by atoms with Gasteiger partial charge >= 0.3 is 0 Å². The van der Waals surface area contributed by atoms with Gasteiger partial charge in [-0.05, 0) is 18.2 Å². The van der Waals surface area contributed by atoms with Crippen LogP contribution < -0.4 is 0 Å². The summed E-state index contributed by atoms with van der Waals surface area (Å²) in [6.07, 6.45) is 13.5. The van der Waals surface area contributed by atoms with Gasteiger partial charge in [0.2, 0.25) is 0 Å². The van der Waals surface area contributed by atoms with Gasteiger partial charge in [0.15, 0.2) is 0 Å². The molecular formula is C9H7Br. The SMILES string of the molecule is Br/C1=C/C=C\C=C/C=C=C1. The molecule has 1 heteroatoms. The van der Waals surface area contributed by atoms with Gasteiger partial charge in [-0.2, -0.15) is 0 Å². The quantitative estimate of drug-likeness (QED) is 0.521. The van der Waals surface area contributed by atoms with Gasteiger partial charge in [-0.1, -0.05) is 40.2 Å². The van der Waals surface area contributed by atoms with Crippen LogP contribution in [0.5, 0.6) is 0 Å². The van der Waals surface area contributed by atoms with Crippen LogP contribution in [0, 0.1) is 0 Å². The van der Waals surface area contributed by atoms with Crippen LogP contribution in [0.15, 0.2) is 52.7 Å². The second-order valence-corrected chi connectivity index (χ2v) is 2.71. The fourth-order valence-corrected chi connectivity index (χ4v) is 0.848. The molecule has 10 heavy (non-hydrogen) atoms. The van der Waals surface area contributed by atoms with Crippen molar-refractivity contribution in [1.82, 2.24) is 0 Å². The highest BCUT2D eigenvalue weighted by Gasteiger charge is 1.77. The van der Waals surface area contributed by atoms with Gasteiger partial charge in [0.1, 0.15) is 0 Å². The summed E-state index contributed by atoms with van der Waals surface area (Å²) in [4.78, 5) is 0. The van der Waals surface area contributed by atoms with E-state index in [2.05, 4.69) is 21.7 Å². The third kappa shape index (κ3) is 2.67. The molecule has 0 fully saturated rings. The summed E-state index contributed by atoms with van der Waals surface area (Å²) in [5.74, 6) is 0. The standard InChI is InChI=1S/C9H7Br/c10-9-7-5-3-1-2-4-6-8-9/h1-5,7-8H/b2-1-,5-3-,9-7+. The van der Waals surface area contributed by atoms with Crippen molar-refractivity contribution in [3.05, 3.63) is 52.7 Å². The smallest absolute Gasteiger partial charge is 0.0252 e. The van der Waals surface area contributed by atoms with Gasteiger partial charge in [0, 0.05) is 4.48 Å². The Hall–Kier alpha value is -0.780. The molecule has 0 unspecified atom stereocenters. The Kier molecular flexibility index (Phi) is 3.01. The lowest BCUT2D eigenvalue weighted by Gasteiger charge is -1.78. The van der Waals surface area contributed by atoms with E-state index < -0.39 is 0 Å². The average molecular weight is 195 g/mol. The molecule has 0 N–H and O–H groups in total.